The number of thiazole rings is 1. The van der Waals surface area contributed by atoms with Gasteiger partial charge in [-0.3, -0.25) is 14.9 Å². The third-order valence-electron chi connectivity index (χ3n) is 4.20. The van der Waals surface area contributed by atoms with Gasteiger partial charge in [0, 0.05) is 51.0 Å². The van der Waals surface area contributed by atoms with Gasteiger partial charge in [-0.2, -0.15) is 4.98 Å². The van der Waals surface area contributed by atoms with E-state index in [1.54, 1.807) is 33.3 Å². The third-order valence-corrected chi connectivity index (χ3v) is 5.08. The molecule has 0 aliphatic carbocycles. The third kappa shape index (κ3) is 6.70. The van der Waals surface area contributed by atoms with Crippen molar-refractivity contribution in [2.24, 2.45) is 0 Å². The van der Waals surface area contributed by atoms with Gasteiger partial charge in [-0.05, 0) is 19.9 Å². The van der Waals surface area contributed by atoms with Gasteiger partial charge < -0.3 is 19.1 Å². The summed E-state index contributed by atoms with van der Waals surface area (Å²) in [6.45, 7) is 4.01. The van der Waals surface area contributed by atoms with E-state index < -0.39 is 0 Å². The molecule has 0 aromatic carbocycles. The quantitative estimate of drug-likeness (QED) is 0.505. The molecule has 3 aromatic heterocycles. The van der Waals surface area contributed by atoms with Gasteiger partial charge in [0.05, 0.1) is 23.4 Å². The van der Waals surface area contributed by atoms with Gasteiger partial charge in [-0.25, -0.2) is 9.97 Å². The van der Waals surface area contributed by atoms with Crippen molar-refractivity contribution in [2.45, 2.75) is 20.0 Å². The second kappa shape index (κ2) is 10.8. The average Bonchev–Trinajstić information content (AvgIpc) is 3.18. The minimum absolute atomic E-state index is 0.108. The number of carbonyl (C=O) groups is 2. The van der Waals surface area contributed by atoms with Gasteiger partial charge in [-0.1, -0.05) is 0 Å². The summed E-state index contributed by atoms with van der Waals surface area (Å²) in [5.74, 6) is -0.0534. The number of nitrogens with one attached hydrogen (secondary N) is 1. The number of anilines is 1. The van der Waals surface area contributed by atoms with Crippen LogP contribution in [0.4, 0.5) is 5.13 Å². The first kappa shape index (κ1) is 24.1. The molecular weight excluding hydrogens is 446 g/mol. The van der Waals surface area contributed by atoms with Gasteiger partial charge in [0.2, 0.25) is 17.6 Å². The number of amides is 2. The van der Waals surface area contributed by atoms with E-state index in [4.69, 9.17) is 14.2 Å². The molecule has 0 saturated carbocycles. The van der Waals surface area contributed by atoms with Crippen molar-refractivity contribution in [3.05, 3.63) is 52.7 Å². The second-order valence-corrected chi connectivity index (χ2v) is 8.21. The first-order valence-electron chi connectivity index (χ1n) is 10.0. The number of ether oxygens (including phenoxy) is 3. The molecule has 11 heteroatoms. The van der Waals surface area contributed by atoms with Crippen LogP contribution < -0.4 is 14.8 Å². The number of aryl methyl sites for hydroxylation is 1. The first-order valence-corrected chi connectivity index (χ1v) is 10.9. The molecule has 2 amide bonds. The predicted octanol–water partition coefficient (Wildman–Crippen LogP) is 3.40. The Morgan fingerprint density at radius 2 is 1.88 bits per heavy atom. The van der Waals surface area contributed by atoms with Crippen molar-refractivity contribution in [3.63, 3.8) is 0 Å². The number of aromatic nitrogens is 3. The van der Waals surface area contributed by atoms with Crippen molar-refractivity contribution in [3.8, 4) is 17.6 Å². The minimum atomic E-state index is -0.388. The topological polar surface area (TPSA) is 116 Å². The number of rotatable bonds is 9. The number of hydrogen-bond acceptors (Lipinski definition) is 9. The molecule has 0 aliphatic rings. The van der Waals surface area contributed by atoms with Crippen LogP contribution in [0.5, 0.6) is 17.6 Å². The molecular formula is C22H25N5O5S. The van der Waals surface area contributed by atoms with E-state index in [9.17, 15) is 9.59 Å². The first-order chi connectivity index (χ1) is 15.7. The maximum Gasteiger partial charge on any atom is 0.257 e. The molecule has 3 aromatic rings. The van der Waals surface area contributed by atoms with Crippen LogP contribution in [-0.4, -0.2) is 65.6 Å². The Hall–Kier alpha value is -3.57. The van der Waals surface area contributed by atoms with Gasteiger partial charge in [0.25, 0.3) is 11.8 Å². The highest BCUT2D eigenvalue weighted by Gasteiger charge is 2.16. The zero-order valence-electron chi connectivity index (χ0n) is 19.0. The van der Waals surface area contributed by atoms with Crippen molar-refractivity contribution in [2.75, 3.05) is 33.1 Å². The lowest BCUT2D eigenvalue weighted by atomic mass is 10.2. The lowest BCUT2D eigenvalue weighted by molar-refractivity contribution is 0.0827. The van der Waals surface area contributed by atoms with Gasteiger partial charge >= 0.3 is 0 Å². The van der Waals surface area contributed by atoms with Gasteiger partial charge in [-0.15, -0.1) is 11.3 Å². The predicted molar refractivity (Wildman–Crippen MR) is 123 cm³/mol. The fourth-order valence-corrected chi connectivity index (χ4v) is 3.40. The summed E-state index contributed by atoms with van der Waals surface area (Å²) in [6.07, 6.45) is 1.11. The van der Waals surface area contributed by atoms with Crippen LogP contribution in [0.25, 0.3) is 0 Å². The molecule has 1 atom stereocenters. The van der Waals surface area contributed by atoms with Gasteiger partial charge in [0.15, 0.2) is 5.13 Å². The summed E-state index contributed by atoms with van der Waals surface area (Å²) < 4.78 is 16.6. The Balaban J connectivity index is 1.85. The van der Waals surface area contributed by atoms with Crippen LogP contribution in [0.3, 0.4) is 0 Å². The molecule has 0 radical (unpaired) electrons. The number of methoxy groups -OCH3 is 1. The molecule has 0 fully saturated rings. The Kier molecular flexibility index (Phi) is 7.91. The Morgan fingerprint density at radius 1 is 1.12 bits per heavy atom. The smallest absolute Gasteiger partial charge is 0.257 e. The zero-order chi connectivity index (χ0) is 24.0. The van der Waals surface area contributed by atoms with Gasteiger partial charge in [0.1, 0.15) is 6.10 Å². The summed E-state index contributed by atoms with van der Waals surface area (Å²) in [5.41, 5.74) is 1.50. The Bertz CT molecular complexity index is 1120. The van der Waals surface area contributed by atoms with E-state index in [1.165, 1.54) is 34.6 Å². The molecule has 0 bridgehead atoms. The number of nitrogens with zero attached hydrogens (tertiary/aromatic N) is 4. The van der Waals surface area contributed by atoms with Crippen molar-refractivity contribution >= 4 is 28.3 Å². The van der Waals surface area contributed by atoms with E-state index in [0.717, 1.165) is 5.69 Å². The SMILES string of the molecule is COC[C@@H](C)Oc1cc(C(=O)Nc2nc(C)cs2)cc(Oc2ccc(C(=O)N(C)C)cn2)n1. The average molecular weight is 472 g/mol. The summed E-state index contributed by atoms with van der Waals surface area (Å²) in [7, 11) is 4.89. The lowest BCUT2D eigenvalue weighted by Crippen LogP contribution is -2.21. The summed E-state index contributed by atoms with van der Waals surface area (Å²) in [6, 6.07) is 6.15. The number of carbonyl (C=O) groups excluding carboxylic acids is 2. The van der Waals surface area contributed by atoms with E-state index in [-0.39, 0.29) is 41.1 Å². The van der Waals surface area contributed by atoms with E-state index in [0.29, 0.717) is 17.3 Å². The van der Waals surface area contributed by atoms with E-state index in [1.807, 2.05) is 19.2 Å². The van der Waals surface area contributed by atoms with E-state index in [2.05, 4.69) is 20.3 Å². The highest BCUT2D eigenvalue weighted by atomic mass is 32.1. The molecule has 3 heterocycles. The molecule has 33 heavy (non-hydrogen) atoms. The standard InChI is InChI=1S/C22H25N5O5S/c1-13-12-33-22(24-13)26-20(28)16-8-18(31-14(2)11-30-5)25-19(9-16)32-17-7-6-15(10-23-17)21(29)27(3)4/h6-10,12,14H,11H2,1-5H3,(H,24,26,28)/t14-/m1/s1. The van der Waals surface area contributed by atoms with Crippen molar-refractivity contribution in [1.29, 1.82) is 0 Å². The molecule has 0 saturated heterocycles. The summed E-state index contributed by atoms with van der Waals surface area (Å²) in [4.78, 5) is 39.0. The summed E-state index contributed by atoms with van der Waals surface area (Å²) in [5, 5.41) is 5.08. The number of hydrogen-bond donors (Lipinski definition) is 1. The Labute approximate surface area is 195 Å². The van der Waals surface area contributed by atoms with Crippen LogP contribution in [0.15, 0.2) is 35.8 Å². The van der Waals surface area contributed by atoms with Crippen LogP contribution in [0.1, 0.15) is 33.3 Å². The molecule has 0 unspecified atom stereocenters. The van der Waals surface area contributed by atoms with Crippen LogP contribution in [0.2, 0.25) is 0 Å². The maximum atomic E-state index is 12.8. The molecule has 1 N–H and O–H groups in total. The van der Waals surface area contributed by atoms with Crippen molar-refractivity contribution < 1.29 is 23.8 Å². The largest absolute Gasteiger partial charge is 0.472 e. The second-order valence-electron chi connectivity index (χ2n) is 7.35. The maximum absolute atomic E-state index is 12.8. The fraction of sp³-hybridized carbons (Fsp3) is 0.318. The summed E-state index contributed by atoms with van der Waals surface area (Å²) >= 11 is 1.33. The monoisotopic (exact) mass is 471 g/mol. The van der Waals surface area contributed by atoms with Crippen LogP contribution in [0, 0.1) is 6.92 Å². The zero-order valence-corrected chi connectivity index (χ0v) is 19.8. The highest BCUT2D eigenvalue weighted by Crippen LogP contribution is 2.25. The normalized spacial score (nSPS) is 11.5. The molecule has 0 spiro atoms. The lowest BCUT2D eigenvalue weighted by Gasteiger charge is -2.15. The number of pyridine rings is 2. The fourth-order valence-electron chi connectivity index (χ4n) is 2.71. The van der Waals surface area contributed by atoms with E-state index >= 15 is 0 Å². The molecule has 174 valence electrons. The minimum Gasteiger partial charge on any atom is -0.472 e. The Morgan fingerprint density at radius 3 is 2.48 bits per heavy atom. The highest BCUT2D eigenvalue weighted by molar-refractivity contribution is 7.13. The van der Waals surface area contributed by atoms with Crippen LogP contribution in [-0.2, 0) is 4.74 Å². The molecule has 3 rings (SSSR count). The molecule has 10 nitrogen and oxygen atoms in total. The van der Waals surface area contributed by atoms with Crippen LogP contribution >= 0.6 is 11.3 Å². The molecule has 0 aliphatic heterocycles. The van der Waals surface area contributed by atoms with Crippen molar-refractivity contribution in [1.82, 2.24) is 19.9 Å².